The van der Waals surface area contributed by atoms with E-state index in [0.717, 1.165) is 87.7 Å². The van der Waals surface area contributed by atoms with Gasteiger partial charge >= 0.3 is 0 Å². The fraction of sp³-hybridized carbons (Fsp3) is 0.500. The van der Waals surface area contributed by atoms with Gasteiger partial charge in [-0.2, -0.15) is 4.98 Å². The van der Waals surface area contributed by atoms with Gasteiger partial charge in [-0.25, -0.2) is 4.98 Å². The summed E-state index contributed by atoms with van der Waals surface area (Å²) in [5.41, 5.74) is 9.55. The second kappa shape index (κ2) is 12.8. The van der Waals surface area contributed by atoms with Gasteiger partial charge in [-0.1, -0.05) is 18.2 Å². The van der Waals surface area contributed by atoms with Crippen LogP contribution in [0.1, 0.15) is 38.5 Å². The van der Waals surface area contributed by atoms with E-state index in [-0.39, 0.29) is 6.04 Å². The summed E-state index contributed by atoms with van der Waals surface area (Å²) in [6.07, 6.45) is 11.8. The highest BCUT2D eigenvalue weighted by atomic mass is 16.5. The van der Waals surface area contributed by atoms with Crippen LogP contribution in [-0.4, -0.2) is 83.3 Å². The summed E-state index contributed by atoms with van der Waals surface area (Å²) in [5.74, 6) is 1.33. The van der Waals surface area contributed by atoms with Crippen LogP contribution in [0.5, 0.6) is 0 Å². The SMILES string of the molecule is NC=C(C=NC1CCOCC1)Nc1nc(NC2CCC(N3CCOCC3)CC2)c2c(ccn2-c2ccccc2)n1. The highest BCUT2D eigenvalue weighted by molar-refractivity contribution is 5.90. The van der Waals surface area contributed by atoms with Crippen molar-refractivity contribution in [2.45, 2.75) is 56.7 Å². The van der Waals surface area contributed by atoms with Crippen LogP contribution in [0.2, 0.25) is 0 Å². The molecule has 40 heavy (non-hydrogen) atoms. The molecule has 0 amide bonds. The van der Waals surface area contributed by atoms with Gasteiger partial charge < -0.3 is 30.4 Å². The standard InChI is InChI=1S/C30H40N8O2/c31-20-24(21-32-22-11-16-39-17-12-22)34-30-35-27-10-13-38(26-4-2-1-3-5-26)28(27)29(36-30)33-23-6-8-25(9-7-23)37-14-18-40-19-15-37/h1-5,10,13,20-23,25H,6-9,11-12,14-19,31H2,(H2,33,34,35,36). The Labute approximate surface area is 235 Å². The van der Waals surface area contributed by atoms with Crippen molar-refractivity contribution in [1.82, 2.24) is 19.4 Å². The summed E-state index contributed by atoms with van der Waals surface area (Å²) in [5, 5.41) is 7.11. The van der Waals surface area contributed by atoms with E-state index in [1.165, 1.54) is 19.0 Å². The van der Waals surface area contributed by atoms with Crippen molar-refractivity contribution >= 4 is 29.0 Å². The molecular weight excluding hydrogens is 504 g/mol. The van der Waals surface area contributed by atoms with Crippen LogP contribution in [0.3, 0.4) is 0 Å². The van der Waals surface area contributed by atoms with E-state index in [4.69, 9.17) is 30.2 Å². The average Bonchev–Trinajstić information content (AvgIpc) is 3.45. The zero-order valence-electron chi connectivity index (χ0n) is 23.0. The number of nitrogens with one attached hydrogen (secondary N) is 2. The molecule has 0 unspecified atom stereocenters. The minimum atomic E-state index is 0.249. The number of hydrogen-bond donors (Lipinski definition) is 3. The summed E-state index contributed by atoms with van der Waals surface area (Å²) in [7, 11) is 0. The Kier molecular flexibility index (Phi) is 8.56. The van der Waals surface area contributed by atoms with Gasteiger partial charge in [0.25, 0.3) is 0 Å². The largest absolute Gasteiger partial charge is 0.403 e. The normalized spacial score (nSPS) is 23.6. The van der Waals surface area contributed by atoms with Crippen molar-refractivity contribution in [3.05, 3.63) is 54.5 Å². The van der Waals surface area contributed by atoms with E-state index in [9.17, 15) is 0 Å². The Hall–Kier alpha value is -3.47. The molecule has 10 heteroatoms. The Balaban J connectivity index is 1.23. The number of hydrogen-bond acceptors (Lipinski definition) is 9. The van der Waals surface area contributed by atoms with Gasteiger partial charge in [0, 0.05) is 62.7 Å². The van der Waals surface area contributed by atoms with Crippen molar-refractivity contribution in [3.8, 4) is 5.69 Å². The van der Waals surface area contributed by atoms with Crippen LogP contribution in [0, 0.1) is 0 Å². The molecule has 2 aliphatic heterocycles. The molecule has 10 nitrogen and oxygen atoms in total. The summed E-state index contributed by atoms with van der Waals surface area (Å²) >= 11 is 0. The zero-order chi connectivity index (χ0) is 27.1. The van der Waals surface area contributed by atoms with Gasteiger partial charge in [0.05, 0.1) is 30.5 Å². The summed E-state index contributed by atoms with van der Waals surface area (Å²) in [6.45, 7) is 5.29. The van der Waals surface area contributed by atoms with Gasteiger partial charge in [0.2, 0.25) is 5.95 Å². The number of para-hydroxylation sites is 1. The Morgan fingerprint density at radius 2 is 1.68 bits per heavy atom. The lowest BCUT2D eigenvalue weighted by atomic mass is 9.90. The molecule has 4 N–H and O–H groups in total. The molecule has 0 radical (unpaired) electrons. The maximum Gasteiger partial charge on any atom is 0.229 e. The van der Waals surface area contributed by atoms with Crippen molar-refractivity contribution < 1.29 is 9.47 Å². The number of morpholine rings is 1. The lowest BCUT2D eigenvalue weighted by Gasteiger charge is -2.39. The number of ether oxygens (including phenoxy) is 2. The first-order valence-corrected chi connectivity index (χ1v) is 14.6. The van der Waals surface area contributed by atoms with E-state index in [2.05, 4.69) is 38.4 Å². The van der Waals surface area contributed by atoms with Crippen LogP contribution in [0.15, 0.2) is 59.5 Å². The molecule has 0 spiro atoms. The predicted molar refractivity (Wildman–Crippen MR) is 159 cm³/mol. The molecule has 0 atom stereocenters. The van der Waals surface area contributed by atoms with E-state index in [1.807, 2.05) is 24.3 Å². The van der Waals surface area contributed by atoms with Gasteiger partial charge in [0.1, 0.15) is 5.52 Å². The third-order valence-corrected chi connectivity index (χ3v) is 8.22. The van der Waals surface area contributed by atoms with Gasteiger partial charge in [-0.05, 0) is 56.7 Å². The molecule has 2 saturated heterocycles. The highest BCUT2D eigenvalue weighted by Crippen LogP contribution is 2.31. The highest BCUT2D eigenvalue weighted by Gasteiger charge is 2.28. The van der Waals surface area contributed by atoms with Gasteiger partial charge in [-0.15, -0.1) is 0 Å². The molecular formula is C30H40N8O2. The molecule has 2 aromatic heterocycles. The third-order valence-electron chi connectivity index (χ3n) is 8.22. The Morgan fingerprint density at radius 1 is 0.925 bits per heavy atom. The van der Waals surface area contributed by atoms with Crippen LogP contribution < -0.4 is 16.4 Å². The fourth-order valence-electron chi connectivity index (χ4n) is 5.99. The van der Waals surface area contributed by atoms with Gasteiger partial charge in [0.15, 0.2) is 5.82 Å². The minimum Gasteiger partial charge on any atom is -0.403 e. The average molecular weight is 545 g/mol. The minimum absolute atomic E-state index is 0.249. The summed E-state index contributed by atoms with van der Waals surface area (Å²) in [6, 6.07) is 13.6. The molecule has 212 valence electrons. The van der Waals surface area contributed by atoms with Crippen LogP contribution in [0.25, 0.3) is 16.7 Å². The molecule has 1 aliphatic carbocycles. The van der Waals surface area contributed by atoms with Crippen LogP contribution in [0.4, 0.5) is 11.8 Å². The van der Waals surface area contributed by atoms with Crippen LogP contribution in [-0.2, 0) is 9.47 Å². The monoisotopic (exact) mass is 544 g/mol. The number of nitrogens with two attached hydrogens (primary N) is 1. The summed E-state index contributed by atoms with van der Waals surface area (Å²) in [4.78, 5) is 17.2. The molecule has 3 fully saturated rings. The molecule has 3 aromatic rings. The number of allylic oxidation sites excluding steroid dienone is 1. The maximum atomic E-state index is 5.96. The van der Waals surface area contributed by atoms with Crippen molar-refractivity contribution in [2.24, 2.45) is 10.7 Å². The number of rotatable bonds is 8. The smallest absolute Gasteiger partial charge is 0.229 e. The van der Waals surface area contributed by atoms with Crippen molar-refractivity contribution in [3.63, 3.8) is 0 Å². The number of anilines is 2. The van der Waals surface area contributed by atoms with Crippen LogP contribution >= 0.6 is 0 Å². The third kappa shape index (κ3) is 6.29. The molecule has 6 rings (SSSR count). The fourth-order valence-corrected chi connectivity index (χ4v) is 5.99. The second-order valence-corrected chi connectivity index (χ2v) is 10.8. The van der Waals surface area contributed by atoms with Crippen molar-refractivity contribution in [2.75, 3.05) is 50.2 Å². The number of fused-ring (bicyclic) bond motifs is 1. The van der Waals surface area contributed by atoms with E-state index in [0.29, 0.717) is 23.7 Å². The number of aromatic nitrogens is 3. The lowest BCUT2D eigenvalue weighted by Crippen LogP contribution is -2.46. The number of benzene rings is 1. The maximum absolute atomic E-state index is 5.96. The molecule has 0 bridgehead atoms. The number of nitrogens with zero attached hydrogens (tertiary/aromatic N) is 5. The van der Waals surface area contributed by atoms with E-state index >= 15 is 0 Å². The van der Waals surface area contributed by atoms with Crippen molar-refractivity contribution in [1.29, 1.82) is 0 Å². The topological polar surface area (TPSA) is 115 Å². The Bertz CT molecular complexity index is 1300. The van der Waals surface area contributed by atoms with Gasteiger partial charge in [-0.3, -0.25) is 9.89 Å². The Morgan fingerprint density at radius 3 is 2.42 bits per heavy atom. The number of aliphatic imine (C=N–C) groups is 1. The lowest BCUT2D eigenvalue weighted by molar-refractivity contribution is 0.00791. The molecule has 1 aromatic carbocycles. The van der Waals surface area contributed by atoms with E-state index in [1.54, 1.807) is 6.21 Å². The molecule has 1 saturated carbocycles. The predicted octanol–water partition coefficient (Wildman–Crippen LogP) is 3.94. The first-order valence-electron chi connectivity index (χ1n) is 14.6. The molecule has 3 aliphatic rings. The summed E-state index contributed by atoms with van der Waals surface area (Å²) < 4.78 is 13.2. The first kappa shape index (κ1) is 26.7. The van der Waals surface area contributed by atoms with E-state index < -0.39 is 0 Å². The first-order chi connectivity index (χ1) is 19.8. The second-order valence-electron chi connectivity index (χ2n) is 10.8. The quantitative estimate of drug-likeness (QED) is 0.366. The zero-order valence-corrected chi connectivity index (χ0v) is 23.0. The molecule has 4 heterocycles.